The van der Waals surface area contributed by atoms with Crippen LogP contribution in [-0.4, -0.2) is 17.1 Å². The molecule has 1 atom stereocenters. The lowest BCUT2D eigenvalue weighted by Crippen LogP contribution is -1.99. The van der Waals surface area contributed by atoms with E-state index in [0.29, 0.717) is 5.95 Å². The number of benzene rings is 1. The average Bonchev–Trinajstić information content (AvgIpc) is 2.37. The Kier molecular flexibility index (Phi) is 3.58. The van der Waals surface area contributed by atoms with Crippen molar-refractivity contribution in [2.45, 2.75) is 20.0 Å². The average molecular weight is 243 g/mol. The number of anilines is 1. The van der Waals surface area contributed by atoms with Crippen LogP contribution in [0.4, 0.5) is 5.95 Å². The molecule has 1 aromatic carbocycles. The number of hydrogen-bond donors (Lipinski definition) is 1. The zero-order valence-electron chi connectivity index (χ0n) is 10.8. The number of hydrogen-bond acceptors (Lipinski definition) is 4. The highest BCUT2D eigenvalue weighted by molar-refractivity contribution is 5.61. The summed E-state index contributed by atoms with van der Waals surface area (Å²) in [6.07, 6.45) is 0.0604. The molecule has 0 fully saturated rings. The standard InChI is InChI=1S/C14H17N3O/c1-9-7-13(17-14(15)16-9)12-6-4-5-11(8-12)10(2)18-3/h4-8,10H,1-3H3,(H2,15,16,17). The molecule has 0 aliphatic rings. The van der Waals surface area contributed by atoms with E-state index in [1.54, 1.807) is 7.11 Å². The van der Waals surface area contributed by atoms with Crippen molar-refractivity contribution in [2.24, 2.45) is 0 Å². The summed E-state index contributed by atoms with van der Waals surface area (Å²) in [5, 5.41) is 0. The van der Waals surface area contributed by atoms with Gasteiger partial charge in [0.25, 0.3) is 0 Å². The van der Waals surface area contributed by atoms with Gasteiger partial charge in [0, 0.05) is 18.4 Å². The van der Waals surface area contributed by atoms with Gasteiger partial charge in [-0.2, -0.15) is 0 Å². The zero-order valence-corrected chi connectivity index (χ0v) is 10.8. The normalized spacial score (nSPS) is 12.4. The number of ether oxygens (including phenoxy) is 1. The van der Waals surface area contributed by atoms with Gasteiger partial charge >= 0.3 is 0 Å². The van der Waals surface area contributed by atoms with E-state index in [-0.39, 0.29) is 6.10 Å². The van der Waals surface area contributed by atoms with Crippen LogP contribution in [0.1, 0.15) is 24.3 Å². The fraction of sp³-hybridized carbons (Fsp3) is 0.286. The highest BCUT2D eigenvalue weighted by Crippen LogP contribution is 2.23. The van der Waals surface area contributed by atoms with Crippen molar-refractivity contribution in [1.82, 2.24) is 9.97 Å². The molecule has 0 aliphatic carbocycles. The van der Waals surface area contributed by atoms with Crippen LogP contribution in [0.2, 0.25) is 0 Å². The van der Waals surface area contributed by atoms with Crippen molar-refractivity contribution in [3.8, 4) is 11.3 Å². The maximum atomic E-state index is 5.67. The monoisotopic (exact) mass is 243 g/mol. The Balaban J connectivity index is 2.44. The van der Waals surface area contributed by atoms with Gasteiger partial charge in [0.2, 0.25) is 5.95 Å². The van der Waals surface area contributed by atoms with E-state index in [0.717, 1.165) is 22.5 Å². The fourth-order valence-electron chi connectivity index (χ4n) is 1.83. The summed E-state index contributed by atoms with van der Waals surface area (Å²) in [7, 11) is 1.70. The molecule has 2 aromatic rings. The van der Waals surface area contributed by atoms with Crippen molar-refractivity contribution in [2.75, 3.05) is 12.8 Å². The molecule has 94 valence electrons. The lowest BCUT2D eigenvalue weighted by atomic mass is 10.0. The fourth-order valence-corrected chi connectivity index (χ4v) is 1.83. The lowest BCUT2D eigenvalue weighted by Gasteiger charge is -2.11. The predicted octanol–water partition coefficient (Wildman–Crippen LogP) is 2.74. The summed E-state index contributed by atoms with van der Waals surface area (Å²) >= 11 is 0. The molecule has 0 radical (unpaired) electrons. The minimum absolute atomic E-state index is 0.0604. The second-order valence-corrected chi connectivity index (χ2v) is 4.26. The molecule has 1 unspecified atom stereocenters. The second-order valence-electron chi connectivity index (χ2n) is 4.26. The van der Waals surface area contributed by atoms with Gasteiger partial charge in [-0.3, -0.25) is 0 Å². The van der Waals surface area contributed by atoms with Gasteiger partial charge in [-0.15, -0.1) is 0 Å². The number of nitrogen functional groups attached to an aromatic ring is 1. The number of methoxy groups -OCH3 is 1. The highest BCUT2D eigenvalue weighted by atomic mass is 16.5. The highest BCUT2D eigenvalue weighted by Gasteiger charge is 2.07. The summed E-state index contributed by atoms with van der Waals surface area (Å²) in [6.45, 7) is 3.92. The van der Waals surface area contributed by atoms with E-state index in [4.69, 9.17) is 10.5 Å². The number of aryl methyl sites for hydroxylation is 1. The van der Waals surface area contributed by atoms with Gasteiger partial charge in [-0.25, -0.2) is 9.97 Å². The maximum absolute atomic E-state index is 5.67. The van der Waals surface area contributed by atoms with Crippen LogP contribution in [0.25, 0.3) is 11.3 Å². The third-order valence-corrected chi connectivity index (χ3v) is 2.88. The molecule has 0 saturated heterocycles. The van der Waals surface area contributed by atoms with Gasteiger partial charge in [0.05, 0.1) is 11.8 Å². The topological polar surface area (TPSA) is 61.0 Å². The first-order chi connectivity index (χ1) is 8.60. The largest absolute Gasteiger partial charge is 0.377 e. The Bertz CT molecular complexity index is 534. The van der Waals surface area contributed by atoms with E-state index in [2.05, 4.69) is 16.0 Å². The molecule has 1 aromatic heterocycles. The molecule has 4 nitrogen and oxygen atoms in total. The molecule has 2 N–H and O–H groups in total. The van der Waals surface area contributed by atoms with Crippen LogP contribution in [0.3, 0.4) is 0 Å². The summed E-state index contributed by atoms with van der Waals surface area (Å²) in [5.41, 5.74) is 9.51. The number of aromatic nitrogens is 2. The van der Waals surface area contributed by atoms with Crippen LogP contribution in [-0.2, 0) is 4.74 Å². The smallest absolute Gasteiger partial charge is 0.220 e. The van der Waals surface area contributed by atoms with Crippen molar-refractivity contribution in [3.63, 3.8) is 0 Å². The first kappa shape index (κ1) is 12.5. The Hall–Kier alpha value is -1.94. The molecule has 0 spiro atoms. The molecule has 0 aliphatic heterocycles. The Morgan fingerprint density at radius 2 is 2.00 bits per heavy atom. The van der Waals surface area contributed by atoms with Gasteiger partial charge in [-0.05, 0) is 31.5 Å². The molecular weight excluding hydrogens is 226 g/mol. The third kappa shape index (κ3) is 2.65. The predicted molar refractivity (Wildman–Crippen MR) is 72.0 cm³/mol. The maximum Gasteiger partial charge on any atom is 0.220 e. The first-order valence-electron chi connectivity index (χ1n) is 5.84. The summed E-state index contributed by atoms with van der Waals surface area (Å²) in [5.74, 6) is 0.301. The summed E-state index contributed by atoms with van der Waals surface area (Å²) in [4.78, 5) is 8.33. The van der Waals surface area contributed by atoms with Crippen molar-refractivity contribution in [1.29, 1.82) is 0 Å². The Labute approximate surface area is 107 Å². The molecule has 1 heterocycles. The number of nitrogens with two attached hydrogens (primary N) is 1. The number of nitrogens with zero attached hydrogens (tertiary/aromatic N) is 2. The van der Waals surface area contributed by atoms with Crippen LogP contribution < -0.4 is 5.73 Å². The third-order valence-electron chi connectivity index (χ3n) is 2.88. The minimum Gasteiger partial charge on any atom is -0.377 e. The van der Waals surface area contributed by atoms with Crippen molar-refractivity contribution in [3.05, 3.63) is 41.6 Å². The summed E-state index contributed by atoms with van der Waals surface area (Å²) in [6, 6.07) is 10.0. The van der Waals surface area contributed by atoms with Crippen LogP contribution >= 0.6 is 0 Å². The van der Waals surface area contributed by atoms with Gasteiger partial charge in [0.1, 0.15) is 0 Å². The molecule has 0 amide bonds. The van der Waals surface area contributed by atoms with Crippen LogP contribution in [0, 0.1) is 6.92 Å². The van der Waals surface area contributed by atoms with Crippen molar-refractivity contribution >= 4 is 5.95 Å². The van der Waals surface area contributed by atoms with Gasteiger partial charge in [0.15, 0.2) is 0 Å². The molecular formula is C14H17N3O. The zero-order chi connectivity index (χ0) is 13.1. The molecule has 0 bridgehead atoms. The summed E-state index contributed by atoms with van der Waals surface area (Å²) < 4.78 is 5.32. The SMILES string of the molecule is COC(C)c1cccc(-c2cc(C)nc(N)n2)c1. The van der Waals surface area contributed by atoms with Crippen LogP contribution in [0.5, 0.6) is 0 Å². The van der Waals surface area contributed by atoms with E-state index >= 15 is 0 Å². The Morgan fingerprint density at radius 1 is 1.22 bits per heavy atom. The first-order valence-corrected chi connectivity index (χ1v) is 5.84. The number of rotatable bonds is 3. The van der Waals surface area contributed by atoms with E-state index in [9.17, 15) is 0 Å². The van der Waals surface area contributed by atoms with Gasteiger partial charge < -0.3 is 10.5 Å². The molecule has 18 heavy (non-hydrogen) atoms. The van der Waals surface area contributed by atoms with Crippen molar-refractivity contribution < 1.29 is 4.74 Å². The van der Waals surface area contributed by atoms with E-state index in [1.807, 2.05) is 38.1 Å². The van der Waals surface area contributed by atoms with E-state index in [1.165, 1.54) is 0 Å². The molecule has 4 heteroatoms. The molecule has 2 rings (SSSR count). The van der Waals surface area contributed by atoms with Crippen LogP contribution in [0.15, 0.2) is 30.3 Å². The Morgan fingerprint density at radius 3 is 2.67 bits per heavy atom. The quantitative estimate of drug-likeness (QED) is 0.900. The second kappa shape index (κ2) is 5.14. The van der Waals surface area contributed by atoms with E-state index < -0.39 is 0 Å². The molecule has 0 saturated carbocycles. The minimum atomic E-state index is 0.0604. The lowest BCUT2D eigenvalue weighted by molar-refractivity contribution is 0.119. The van der Waals surface area contributed by atoms with Gasteiger partial charge in [-0.1, -0.05) is 18.2 Å².